The van der Waals surface area contributed by atoms with Gasteiger partial charge in [0, 0.05) is 12.2 Å². The van der Waals surface area contributed by atoms with Gasteiger partial charge < -0.3 is 5.32 Å². The summed E-state index contributed by atoms with van der Waals surface area (Å²) in [5.74, 6) is 0.574. The molecule has 0 bridgehead atoms. The lowest BCUT2D eigenvalue weighted by molar-refractivity contribution is 0.836. The van der Waals surface area contributed by atoms with Crippen LogP contribution >= 0.6 is 0 Å². The monoisotopic (exact) mass is 321 g/mol. The second-order valence-corrected chi connectivity index (χ2v) is 5.98. The summed E-state index contributed by atoms with van der Waals surface area (Å²) in [5, 5.41) is 3.41. The van der Waals surface area contributed by atoms with Crippen LogP contribution in [0.2, 0.25) is 0 Å². The van der Waals surface area contributed by atoms with E-state index in [0.29, 0.717) is 5.92 Å². The number of hydrogen-bond acceptors (Lipinski definition) is 1. The number of allylic oxidation sites excluding steroid dienone is 1. The van der Waals surface area contributed by atoms with Crippen LogP contribution < -0.4 is 5.32 Å². The van der Waals surface area contributed by atoms with Crippen LogP contribution in [0.3, 0.4) is 0 Å². The zero-order valence-electron chi connectivity index (χ0n) is 15.8. The fourth-order valence-corrected chi connectivity index (χ4v) is 2.21. The molecule has 1 nitrogen and oxygen atoms in total. The lowest BCUT2D eigenvalue weighted by atomic mass is 10.1. The third-order valence-corrected chi connectivity index (χ3v) is 3.69. The summed E-state index contributed by atoms with van der Waals surface area (Å²) in [6, 6.07) is 16.9. The van der Waals surface area contributed by atoms with Gasteiger partial charge in [-0.2, -0.15) is 0 Å². The van der Waals surface area contributed by atoms with E-state index in [1.165, 1.54) is 16.7 Å². The molecule has 0 aliphatic rings. The topological polar surface area (TPSA) is 12.0 Å². The van der Waals surface area contributed by atoms with E-state index in [9.17, 15) is 0 Å². The van der Waals surface area contributed by atoms with Crippen LogP contribution in [0.1, 0.15) is 49.9 Å². The molecule has 0 atom stereocenters. The molecule has 1 N–H and O–H groups in total. The number of hydrogen-bond donors (Lipinski definition) is 1. The predicted octanol–water partition coefficient (Wildman–Crippen LogP) is 6.45. The van der Waals surface area contributed by atoms with Crippen molar-refractivity contribution >= 4 is 11.8 Å². The van der Waals surface area contributed by atoms with Gasteiger partial charge in [0.15, 0.2) is 0 Å². The molecule has 0 radical (unpaired) electrons. The van der Waals surface area contributed by atoms with Gasteiger partial charge in [0.25, 0.3) is 0 Å². The SMILES string of the molecule is C=C(NCc1ccccc1C)c1ccc(/C=C/C(C)C)cc1.CC. The summed E-state index contributed by atoms with van der Waals surface area (Å²) in [7, 11) is 0. The quantitative estimate of drug-likeness (QED) is 0.644. The Morgan fingerprint density at radius 2 is 1.67 bits per heavy atom. The first-order valence-electron chi connectivity index (χ1n) is 8.82. The van der Waals surface area contributed by atoms with Gasteiger partial charge in [-0.05, 0) is 35.1 Å². The van der Waals surface area contributed by atoms with E-state index in [1.54, 1.807) is 0 Å². The van der Waals surface area contributed by atoms with Crippen LogP contribution in [0, 0.1) is 12.8 Å². The van der Waals surface area contributed by atoms with Gasteiger partial charge in [-0.15, -0.1) is 0 Å². The van der Waals surface area contributed by atoms with Crippen molar-refractivity contribution in [3.63, 3.8) is 0 Å². The molecule has 2 aromatic carbocycles. The van der Waals surface area contributed by atoms with Gasteiger partial charge >= 0.3 is 0 Å². The highest BCUT2D eigenvalue weighted by Gasteiger charge is 2.01. The average molecular weight is 322 g/mol. The van der Waals surface area contributed by atoms with Crippen molar-refractivity contribution in [1.29, 1.82) is 0 Å². The fraction of sp³-hybridized carbons (Fsp3) is 0.304. The highest BCUT2D eigenvalue weighted by atomic mass is 14.9. The molecule has 0 spiro atoms. The van der Waals surface area contributed by atoms with Crippen molar-refractivity contribution in [2.75, 3.05) is 0 Å². The van der Waals surface area contributed by atoms with E-state index in [2.05, 4.69) is 93.3 Å². The standard InChI is InChI=1S/C21H25N.C2H6/c1-16(2)9-10-19-11-13-20(14-12-19)18(4)22-15-21-8-6-5-7-17(21)3;1-2/h5-14,16,22H,4,15H2,1-3H3;1-2H3/b10-9+;. The van der Waals surface area contributed by atoms with Crippen molar-refractivity contribution in [3.8, 4) is 0 Å². The number of aryl methyl sites for hydroxylation is 1. The predicted molar refractivity (Wildman–Crippen MR) is 109 cm³/mol. The third kappa shape index (κ3) is 6.45. The van der Waals surface area contributed by atoms with Crippen LogP contribution in [-0.4, -0.2) is 0 Å². The van der Waals surface area contributed by atoms with Crippen LogP contribution in [0.25, 0.3) is 11.8 Å². The van der Waals surface area contributed by atoms with E-state index in [4.69, 9.17) is 0 Å². The molecule has 0 fully saturated rings. The maximum atomic E-state index is 4.14. The summed E-state index contributed by atoms with van der Waals surface area (Å²) >= 11 is 0. The van der Waals surface area contributed by atoms with E-state index >= 15 is 0 Å². The Labute approximate surface area is 148 Å². The minimum atomic E-state index is 0.574. The Morgan fingerprint density at radius 1 is 1.04 bits per heavy atom. The van der Waals surface area contributed by atoms with Gasteiger partial charge in [-0.25, -0.2) is 0 Å². The van der Waals surface area contributed by atoms with Gasteiger partial charge in [-0.3, -0.25) is 0 Å². The Kier molecular flexibility index (Phi) is 8.64. The average Bonchev–Trinajstić information content (AvgIpc) is 2.61. The van der Waals surface area contributed by atoms with Crippen LogP contribution in [0.4, 0.5) is 0 Å². The summed E-state index contributed by atoms with van der Waals surface area (Å²) in [5.41, 5.74) is 5.93. The largest absolute Gasteiger partial charge is 0.381 e. The Hall–Kier alpha value is -2.28. The summed E-state index contributed by atoms with van der Waals surface area (Å²) < 4.78 is 0. The molecule has 0 unspecified atom stereocenters. The second-order valence-electron chi connectivity index (χ2n) is 5.98. The fourth-order valence-electron chi connectivity index (χ4n) is 2.21. The van der Waals surface area contributed by atoms with E-state index in [1.807, 2.05) is 13.8 Å². The van der Waals surface area contributed by atoms with Crippen molar-refractivity contribution in [3.05, 3.63) is 83.4 Å². The molecule has 0 aliphatic carbocycles. The van der Waals surface area contributed by atoms with Crippen molar-refractivity contribution < 1.29 is 0 Å². The molecule has 0 aliphatic heterocycles. The molecule has 0 heterocycles. The number of benzene rings is 2. The highest BCUT2D eigenvalue weighted by Crippen LogP contribution is 2.14. The Morgan fingerprint density at radius 3 is 2.25 bits per heavy atom. The molecule has 128 valence electrons. The highest BCUT2D eigenvalue weighted by molar-refractivity contribution is 5.63. The maximum Gasteiger partial charge on any atom is 0.0403 e. The molecular weight excluding hydrogens is 290 g/mol. The second kappa shape index (κ2) is 10.5. The van der Waals surface area contributed by atoms with Gasteiger partial charge in [0.2, 0.25) is 0 Å². The first-order chi connectivity index (χ1) is 11.6. The minimum Gasteiger partial charge on any atom is -0.381 e. The lowest BCUT2D eigenvalue weighted by Gasteiger charge is -2.12. The van der Waals surface area contributed by atoms with Crippen LogP contribution in [0.15, 0.2) is 61.2 Å². The Balaban J connectivity index is 0.00000139. The zero-order chi connectivity index (χ0) is 17.9. The first kappa shape index (κ1) is 19.8. The molecule has 2 rings (SSSR count). The number of rotatable bonds is 6. The molecule has 0 aromatic heterocycles. The zero-order valence-corrected chi connectivity index (χ0v) is 15.8. The summed E-state index contributed by atoms with van der Waals surface area (Å²) in [6.45, 7) is 15.5. The third-order valence-electron chi connectivity index (χ3n) is 3.69. The molecule has 2 aromatic rings. The maximum absolute atomic E-state index is 4.14. The van der Waals surface area contributed by atoms with Crippen LogP contribution in [-0.2, 0) is 6.54 Å². The van der Waals surface area contributed by atoms with Crippen molar-refractivity contribution in [1.82, 2.24) is 5.32 Å². The normalized spacial score (nSPS) is 10.4. The first-order valence-corrected chi connectivity index (χ1v) is 8.82. The Bertz CT molecular complexity index is 648. The lowest BCUT2D eigenvalue weighted by Crippen LogP contribution is -2.11. The summed E-state index contributed by atoms with van der Waals surface area (Å²) in [4.78, 5) is 0. The van der Waals surface area contributed by atoms with Crippen molar-refractivity contribution in [2.24, 2.45) is 5.92 Å². The number of nitrogens with one attached hydrogen (secondary N) is 1. The smallest absolute Gasteiger partial charge is 0.0403 e. The molecule has 0 saturated carbocycles. The van der Waals surface area contributed by atoms with Gasteiger partial charge in [0.1, 0.15) is 0 Å². The van der Waals surface area contributed by atoms with Crippen molar-refractivity contribution in [2.45, 2.75) is 41.2 Å². The van der Waals surface area contributed by atoms with Crippen LogP contribution in [0.5, 0.6) is 0 Å². The molecular formula is C23H31N. The van der Waals surface area contributed by atoms with E-state index in [0.717, 1.165) is 17.8 Å². The van der Waals surface area contributed by atoms with E-state index in [-0.39, 0.29) is 0 Å². The minimum absolute atomic E-state index is 0.574. The molecule has 0 saturated heterocycles. The van der Waals surface area contributed by atoms with E-state index < -0.39 is 0 Å². The van der Waals surface area contributed by atoms with Gasteiger partial charge in [-0.1, -0.05) is 95.0 Å². The molecule has 0 amide bonds. The molecule has 1 heteroatoms. The van der Waals surface area contributed by atoms with Gasteiger partial charge in [0.05, 0.1) is 0 Å². The summed E-state index contributed by atoms with van der Waals surface area (Å²) in [6.07, 6.45) is 4.37. The molecule has 24 heavy (non-hydrogen) atoms.